The van der Waals surface area contributed by atoms with Crippen LogP contribution in [0, 0.1) is 5.92 Å². The second-order valence-electron chi connectivity index (χ2n) is 6.94. The van der Waals surface area contributed by atoms with E-state index in [0.29, 0.717) is 0 Å². The third-order valence-electron chi connectivity index (χ3n) is 5.22. The highest BCUT2D eigenvalue weighted by Crippen LogP contribution is 2.34. The van der Waals surface area contributed by atoms with E-state index in [-0.39, 0.29) is 0 Å². The van der Waals surface area contributed by atoms with Crippen LogP contribution in [0.5, 0.6) is 0 Å². The van der Waals surface area contributed by atoms with E-state index in [1.807, 2.05) is 6.07 Å². The van der Waals surface area contributed by atoms with Crippen molar-refractivity contribution in [2.45, 2.75) is 71.1 Å². The van der Waals surface area contributed by atoms with Crippen molar-refractivity contribution < 1.29 is 0 Å². The van der Waals surface area contributed by atoms with Crippen LogP contribution >= 0.6 is 11.6 Å². The lowest BCUT2D eigenvalue weighted by Crippen LogP contribution is -2.13. The van der Waals surface area contributed by atoms with Crippen molar-refractivity contribution in [2.24, 2.45) is 5.92 Å². The van der Waals surface area contributed by atoms with E-state index in [9.17, 15) is 0 Å². The second kappa shape index (κ2) is 7.55. The maximum atomic E-state index is 6.11. The summed E-state index contributed by atoms with van der Waals surface area (Å²) in [6.45, 7) is 2.29. The van der Waals surface area contributed by atoms with Crippen LogP contribution in [0.3, 0.4) is 0 Å². The maximum absolute atomic E-state index is 6.11. The van der Waals surface area contributed by atoms with Gasteiger partial charge in [0.05, 0.1) is 0 Å². The molecule has 0 spiro atoms. The quantitative estimate of drug-likeness (QED) is 0.548. The summed E-state index contributed by atoms with van der Waals surface area (Å²) in [7, 11) is 0. The molecule has 120 valence electrons. The van der Waals surface area contributed by atoms with Gasteiger partial charge in [0.2, 0.25) is 0 Å². The zero-order valence-electron chi connectivity index (χ0n) is 13.8. The Morgan fingerprint density at radius 3 is 2.82 bits per heavy atom. The SMILES string of the molecule is CCCCCCCCC1CCc2[nH]c3cc(Cl)ccc3c2C1. The normalized spacial score (nSPS) is 17.8. The molecule has 22 heavy (non-hydrogen) atoms. The molecule has 1 aliphatic carbocycles. The molecular formula is C20H28ClN. The third kappa shape index (κ3) is 3.68. The molecule has 2 heteroatoms. The fourth-order valence-electron chi connectivity index (χ4n) is 3.93. The number of rotatable bonds is 7. The number of aromatic amines is 1. The molecule has 1 unspecified atom stereocenters. The van der Waals surface area contributed by atoms with Gasteiger partial charge in [-0.05, 0) is 42.9 Å². The molecule has 2 aromatic rings. The number of unbranched alkanes of at least 4 members (excludes halogenated alkanes) is 5. The number of nitrogens with one attached hydrogen (secondary N) is 1. The first-order chi connectivity index (χ1) is 10.8. The van der Waals surface area contributed by atoms with Gasteiger partial charge in [0.15, 0.2) is 0 Å². The van der Waals surface area contributed by atoms with Gasteiger partial charge in [0, 0.05) is 21.6 Å². The highest BCUT2D eigenvalue weighted by atomic mass is 35.5. The van der Waals surface area contributed by atoms with Crippen molar-refractivity contribution >= 4 is 22.5 Å². The number of fused-ring (bicyclic) bond motifs is 3. The lowest BCUT2D eigenvalue weighted by Gasteiger charge is -2.22. The Labute approximate surface area is 139 Å². The molecule has 1 nitrogen and oxygen atoms in total. The Morgan fingerprint density at radius 1 is 1.14 bits per heavy atom. The summed E-state index contributed by atoms with van der Waals surface area (Å²) in [6, 6.07) is 6.29. The van der Waals surface area contributed by atoms with Gasteiger partial charge in [0.1, 0.15) is 0 Å². The van der Waals surface area contributed by atoms with Gasteiger partial charge in [-0.2, -0.15) is 0 Å². The molecule has 1 atom stereocenters. The topological polar surface area (TPSA) is 15.8 Å². The molecule has 1 aromatic carbocycles. The highest BCUT2D eigenvalue weighted by Gasteiger charge is 2.22. The lowest BCUT2D eigenvalue weighted by molar-refractivity contribution is 0.404. The fraction of sp³-hybridized carbons (Fsp3) is 0.600. The molecular weight excluding hydrogens is 290 g/mol. The second-order valence-corrected chi connectivity index (χ2v) is 7.37. The Balaban J connectivity index is 1.56. The number of benzene rings is 1. The van der Waals surface area contributed by atoms with Gasteiger partial charge in [-0.1, -0.05) is 69.5 Å². The van der Waals surface area contributed by atoms with Crippen LogP contribution in [-0.2, 0) is 12.8 Å². The minimum atomic E-state index is 0.828. The molecule has 0 radical (unpaired) electrons. The zero-order chi connectivity index (χ0) is 15.4. The summed E-state index contributed by atoms with van der Waals surface area (Å²) in [6.07, 6.45) is 13.7. The Bertz CT molecular complexity index is 613. The van der Waals surface area contributed by atoms with Crippen LogP contribution in [0.1, 0.15) is 69.5 Å². The smallest absolute Gasteiger partial charge is 0.0473 e. The molecule has 1 aliphatic rings. The summed E-state index contributed by atoms with van der Waals surface area (Å²) in [5, 5.41) is 2.22. The van der Waals surface area contributed by atoms with Crippen LogP contribution in [-0.4, -0.2) is 4.98 Å². The van der Waals surface area contributed by atoms with E-state index in [0.717, 1.165) is 10.9 Å². The van der Waals surface area contributed by atoms with Gasteiger partial charge >= 0.3 is 0 Å². The fourth-order valence-corrected chi connectivity index (χ4v) is 4.10. The summed E-state index contributed by atoms with van der Waals surface area (Å²) < 4.78 is 0. The largest absolute Gasteiger partial charge is 0.358 e. The highest BCUT2D eigenvalue weighted by molar-refractivity contribution is 6.31. The van der Waals surface area contributed by atoms with Gasteiger partial charge in [0.25, 0.3) is 0 Å². The van der Waals surface area contributed by atoms with Crippen molar-refractivity contribution in [3.8, 4) is 0 Å². The van der Waals surface area contributed by atoms with Crippen molar-refractivity contribution in [1.29, 1.82) is 0 Å². The Hall–Kier alpha value is -0.950. The van der Waals surface area contributed by atoms with Gasteiger partial charge in [-0.25, -0.2) is 0 Å². The van der Waals surface area contributed by atoms with Crippen molar-refractivity contribution in [3.05, 3.63) is 34.5 Å². The Kier molecular flexibility index (Phi) is 5.46. The molecule has 0 fully saturated rings. The summed E-state index contributed by atoms with van der Waals surface area (Å²) in [5.74, 6) is 0.883. The summed E-state index contributed by atoms with van der Waals surface area (Å²) in [4.78, 5) is 3.58. The zero-order valence-corrected chi connectivity index (χ0v) is 14.5. The van der Waals surface area contributed by atoms with Crippen LogP contribution < -0.4 is 0 Å². The number of H-pyrrole nitrogens is 1. The molecule has 1 aromatic heterocycles. The van der Waals surface area contributed by atoms with Crippen molar-refractivity contribution in [1.82, 2.24) is 4.98 Å². The lowest BCUT2D eigenvalue weighted by atomic mass is 9.83. The van der Waals surface area contributed by atoms with E-state index in [2.05, 4.69) is 24.0 Å². The average Bonchev–Trinajstić information content (AvgIpc) is 2.87. The number of halogens is 1. The van der Waals surface area contributed by atoms with Gasteiger partial charge < -0.3 is 4.98 Å². The van der Waals surface area contributed by atoms with E-state index in [1.54, 1.807) is 5.56 Å². The molecule has 1 N–H and O–H groups in total. The molecule has 1 heterocycles. The first-order valence-electron chi connectivity index (χ1n) is 9.07. The maximum Gasteiger partial charge on any atom is 0.0473 e. The minimum absolute atomic E-state index is 0.828. The monoisotopic (exact) mass is 317 g/mol. The molecule has 0 bridgehead atoms. The molecule has 3 rings (SSSR count). The molecule has 0 saturated heterocycles. The van der Waals surface area contributed by atoms with Crippen LogP contribution in [0.15, 0.2) is 18.2 Å². The van der Waals surface area contributed by atoms with Crippen molar-refractivity contribution in [2.75, 3.05) is 0 Å². The van der Waals surface area contributed by atoms with E-state index in [1.165, 1.54) is 80.8 Å². The minimum Gasteiger partial charge on any atom is -0.358 e. The molecule has 0 saturated carbocycles. The summed E-state index contributed by atoms with van der Waals surface area (Å²) >= 11 is 6.11. The third-order valence-corrected chi connectivity index (χ3v) is 5.45. The Morgan fingerprint density at radius 2 is 1.95 bits per heavy atom. The van der Waals surface area contributed by atoms with Crippen LogP contribution in [0.25, 0.3) is 10.9 Å². The van der Waals surface area contributed by atoms with Crippen LogP contribution in [0.2, 0.25) is 5.02 Å². The first kappa shape index (κ1) is 15.9. The predicted octanol–water partition coefficient (Wildman–Crippen LogP) is 6.68. The number of aryl methyl sites for hydroxylation is 1. The number of aromatic nitrogens is 1. The average molecular weight is 318 g/mol. The first-order valence-corrected chi connectivity index (χ1v) is 9.44. The number of hydrogen-bond donors (Lipinski definition) is 1. The van der Waals surface area contributed by atoms with E-state index >= 15 is 0 Å². The predicted molar refractivity (Wildman–Crippen MR) is 96.8 cm³/mol. The standard InChI is InChI=1S/C20H28ClN/c1-2-3-4-5-6-7-8-15-9-12-19-18(13-15)17-11-10-16(21)14-20(17)22-19/h10-11,14-15,22H,2-9,12-13H2,1H3. The van der Waals surface area contributed by atoms with E-state index in [4.69, 9.17) is 11.6 Å². The molecule has 0 aliphatic heterocycles. The molecule has 0 amide bonds. The van der Waals surface area contributed by atoms with Crippen LogP contribution in [0.4, 0.5) is 0 Å². The van der Waals surface area contributed by atoms with E-state index < -0.39 is 0 Å². The van der Waals surface area contributed by atoms with Gasteiger partial charge in [-0.15, -0.1) is 0 Å². The van der Waals surface area contributed by atoms with Crippen molar-refractivity contribution in [3.63, 3.8) is 0 Å². The summed E-state index contributed by atoms with van der Waals surface area (Å²) in [5.41, 5.74) is 4.24. The number of hydrogen-bond acceptors (Lipinski definition) is 0. The van der Waals surface area contributed by atoms with Gasteiger partial charge in [-0.3, -0.25) is 0 Å².